The van der Waals surface area contributed by atoms with Crippen LogP contribution in [0.4, 0.5) is 0 Å². The second-order valence-electron chi connectivity index (χ2n) is 7.32. The van der Waals surface area contributed by atoms with Crippen LogP contribution in [0.2, 0.25) is 0 Å². The first-order chi connectivity index (χ1) is 10.7. The van der Waals surface area contributed by atoms with Crippen LogP contribution in [-0.2, 0) is 28.7 Å². The number of amides is 1. The van der Waals surface area contributed by atoms with Crippen LogP contribution in [0.25, 0.3) is 0 Å². The second kappa shape index (κ2) is 10.8. The average Bonchev–Trinajstić information content (AvgIpc) is 2.30. The zero-order valence-corrected chi connectivity index (χ0v) is 18.1. The molecule has 0 spiro atoms. The maximum atomic E-state index is 11.9. The summed E-state index contributed by atoms with van der Waals surface area (Å²) in [5, 5.41) is 13.0. The maximum Gasteiger partial charge on any atom is 1.00 e. The Morgan fingerprint density at radius 3 is 1.80 bits per heavy atom. The Balaban J connectivity index is 0. The van der Waals surface area contributed by atoms with Gasteiger partial charge in [0.2, 0.25) is 5.91 Å². The molecule has 1 amide bonds. The zero-order chi connectivity index (χ0) is 19.1. The molecule has 0 aliphatic heterocycles. The van der Waals surface area contributed by atoms with Gasteiger partial charge in [-0.25, -0.2) is 4.79 Å². The minimum absolute atomic E-state index is 0. The van der Waals surface area contributed by atoms with Crippen LogP contribution < -0.4 is 40.0 Å². The number of hydrogen-bond acceptors (Lipinski definition) is 7. The van der Waals surface area contributed by atoms with E-state index in [-0.39, 0.29) is 42.4 Å². The summed E-state index contributed by atoms with van der Waals surface area (Å²) in [6, 6.07) is -1.37. The van der Waals surface area contributed by atoms with E-state index >= 15 is 0 Å². The molecule has 0 aromatic rings. The molecule has 8 nitrogen and oxygen atoms in total. The number of rotatable bonds is 7. The fourth-order valence-corrected chi connectivity index (χ4v) is 1.61. The van der Waals surface area contributed by atoms with Crippen molar-refractivity contribution in [1.82, 2.24) is 5.32 Å². The number of ether oxygens (including phenoxy) is 2. The van der Waals surface area contributed by atoms with Gasteiger partial charge in [-0.05, 0) is 41.5 Å². The minimum atomic E-state index is -1.50. The van der Waals surface area contributed by atoms with Gasteiger partial charge in [-0.2, -0.15) is 0 Å². The average molecular weight is 367 g/mol. The van der Waals surface area contributed by atoms with Crippen LogP contribution in [-0.4, -0.2) is 41.1 Å². The van der Waals surface area contributed by atoms with Gasteiger partial charge >= 0.3 is 41.5 Å². The SMILES string of the molecule is CC(C)(C)OC(=O)CCC(=O)N[C@@H](CC(=O)[O-])C(=O)OC(C)(C)C.[Na+]. The van der Waals surface area contributed by atoms with Gasteiger partial charge in [0.05, 0.1) is 6.42 Å². The molecule has 1 N–H and O–H groups in total. The van der Waals surface area contributed by atoms with Gasteiger partial charge in [0.1, 0.15) is 17.2 Å². The first-order valence-corrected chi connectivity index (χ1v) is 7.63. The summed E-state index contributed by atoms with van der Waals surface area (Å²) in [5.74, 6) is -3.60. The van der Waals surface area contributed by atoms with E-state index < -0.39 is 47.5 Å². The Morgan fingerprint density at radius 2 is 1.40 bits per heavy atom. The van der Waals surface area contributed by atoms with Crippen molar-refractivity contribution in [2.24, 2.45) is 0 Å². The van der Waals surface area contributed by atoms with Gasteiger partial charge in [0.15, 0.2) is 0 Å². The molecule has 9 heteroatoms. The Bertz CT molecular complexity index is 492. The van der Waals surface area contributed by atoms with Crippen molar-refractivity contribution < 1.29 is 63.3 Å². The van der Waals surface area contributed by atoms with E-state index in [0.29, 0.717) is 0 Å². The molecule has 1 atom stereocenters. The smallest absolute Gasteiger partial charge is 0.550 e. The molecule has 0 fully saturated rings. The van der Waals surface area contributed by atoms with Crippen LogP contribution in [0.15, 0.2) is 0 Å². The number of aliphatic carboxylic acids is 1. The first-order valence-electron chi connectivity index (χ1n) is 7.63. The van der Waals surface area contributed by atoms with Crippen molar-refractivity contribution in [2.75, 3.05) is 0 Å². The third-order valence-corrected chi connectivity index (χ3v) is 2.37. The van der Waals surface area contributed by atoms with Gasteiger partial charge in [0.25, 0.3) is 0 Å². The van der Waals surface area contributed by atoms with E-state index in [2.05, 4.69) is 5.32 Å². The predicted molar refractivity (Wildman–Crippen MR) is 82.5 cm³/mol. The summed E-state index contributed by atoms with van der Waals surface area (Å²) in [6.07, 6.45) is -1.14. The first kappa shape index (κ1) is 26.1. The van der Waals surface area contributed by atoms with E-state index in [0.717, 1.165) is 0 Å². The Hall–Kier alpha value is -1.12. The Labute approximate surface area is 170 Å². The number of carboxylic acids is 1. The van der Waals surface area contributed by atoms with Crippen molar-refractivity contribution in [3.63, 3.8) is 0 Å². The summed E-state index contributed by atoms with van der Waals surface area (Å²) < 4.78 is 10.1. The number of hydrogen-bond donors (Lipinski definition) is 1. The molecule has 0 aliphatic carbocycles. The molecule has 0 bridgehead atoms. The fraction of sp³-hybridized carbons (Fsp3) is 0.750. The third-order valence-electron chi connectivity index (χ3n) is 2.37. The number of carboxylic acid groups (broad SMARTS) is 1. The van der Waals surface area contributed by atoms with Gasteiger partial charge in [-0.3, -0.25) is 9.59 Å². The van der Waals surface area contributed by atoms with E-state index in [9.17, 15) is 24.3 Å². The van der Waals surface area contributed by atoms with E-state index in [1.165, 1.54) is 0 Å². The minimum Gasteiger partial charge on any atom is -0.550 e. The summed E-state index contributed by atoms with van der Waals surface area (Å²) in [4.78, 5) is 46.1. The van der Waals surface area contributed by atoms with Crippen LogP contribution >= 0.6 is 0 Å². The van der Waals surface area contributed by atoms with Crippen LogP contribution in [0.3, 0.4) is 0 Å². The standard InChI is InChI=1S/C16H27NO7.Na/c1-15(2,3)23-13(21)8-7-11(18)17-10(9-12(19)20)14(22)24-16(4,5)6;/h10H,7-9H2,1-6H3,(H,17,18)(H,19,20);/q;+1/p-1/t10-;/m0./s1. The summed E-state index contributed by atoms with van der Waals surface area (Å²) >= 11 is 0. The van der Waals surface area contributed by atoms with Crippen LogP contribution in [0, 0.1) is 0 Å². The number of carbonyl (C=O) groups is 4. The van der Waals surface area contributed by atoms with Crippen LogP contribution in [0.5, 0.6) is 0 Å². The second-order valence-corrected chi connectivity index (χ2v) is 7.32. The van der Waals surface area contributed by atoms with Gasteiger partial charge < -0.3 is 24.7 Å². The topological polar surface area (TPSA) is 122 Å². The van der Waals surface area contributed by atoms with Crippen molar-refractivity contribution in [2.45, 2.75) is 78.0 Å². The van der Waals surface area contributed by atoms with Gasteiger partial charge in [0, 0.05) is 18.8 Å². The Kier molecular flexibility index (Phi) is 11.3. The summed E-state index contributed by atoms with van der Waals surface area (Å²) in [7, 11) is 0. The largest absolute Gasteiger partial charge is 1.00 e. The molecular formula is C16H26NNaO7. The van der Waals surface area contributed by atoms with Crippen molar-refractivity contribution in [3.05, 3.63) is 0 Å². The monoisotopic (exact) mass is 367 g/mol. The molecule has 0 unspecified atom stereocenters. The molecule has 0 saturated heterocycles. The predicted octanol–water partition coefficient (Wildman–Crippen LogP) is -2.92. The van der Waals surface area contributed by atoms with Crippen molar-refractivity contribution in [3.8, 4) is 0 Å². The number of esters is 2. The van der Waals surface area contributed by atoms with Crippen molar-refractivity contribution >= 4 is 23.8 Å². The van der Waals surface area contributed by atoms with E-state index in [1.54, 1.807) is 41.5 Å². The molecule has 0 radical (unpaired) electrons. The molecule has 0 aromatic carbocycles. The quantitative estimate of drug-likeness (QED) is 0.378. The normalized spacial score (nSPS) is 12.4. The molecular weight excluding hydrogens is 341 g/mol. The molecule has 0 saturated carbocycles. The fourth-order valence-electron chi connectivity index (χ4n) is 1.61. The van der Waals surface area contributed by atoms with Crippen molar-refractivity contribution in [1.29, 1.82) is 0 Å². The Morgan fingerprint density at radius 1 is 0.920 bits per heavy atom. The third kappa shape index (κ3) is 14.9. The zero-order valence-electron chi connectivity index (χ0n) is 16.1. The molecule has 138 valence electrons. The molecule has 0 aliphatic rings. The molecule has 0 rings (SSSR count). The molecule has 0 heterocycles. The van der Waals surface area contributed by atoms with Crippen LogP contribution in [0.1, 0.15) is 60.8 Å². The number of nitrogens with one attached hydrogen (secondary N) is 1. The van der Waals surface area contributed by atoms with Gasteiger partial charge in [-0.1, -0.05) is 0 Å². The molecule has 25 heavy (non-hydrogen) atoms. The summed E-state index contributed by atoms with van der Waals surface area (Å²) in [6.45, 7) is 9.94. The van der Waals surface area contributed by atoms with Gasteiger partial charge in [-0.15, -0.1) is 0 Å². The van der Waals surface area contributed by atoms with E-state index in [4.69, 9.17) is 9.47 Å². The van der Waals surface area contributed by atoms with E-state index in [1.807, 2.05) is 0 Å². The molecule has 0 aromatic heterocycles. The summed E-state index contributed by atoms with van der Waals surface area (Å²) in [5.41, 5.74) is -1.50. The number of carbonyl (C=O) groups excluding carboxylic acids is 4. The maximum absolute atomic E-state index is 11.9.